The number of carboxylic acids is 1. The molecular formula is C26H22FN3O3. The number of anilines is 1. The fraction of sp³-hybridized carbons (Fsp3) is 0.115. The number of carboxylic acid groups (broad SMARTS) is 1. The van der Waals surface area contributed by atoms with Gasteiger partial charge in [0.25, 0.3) is 0 Å². The van der Waals surface area contributed by atoms with Crippen LogP contribution < -0.4 is 10.1 Å². The Morgan fingerprint density at radius 3 is 2.45 bits per heavy atom. The molecule has 0 bridgehead atoms. The molecule has 0 aliphatic heterocycles. The number of halogens is 1. The lowest BCUT2D eigenvalue weighted by Gasteiger charge is -2.16. The standard InChI is InChI=1S/C26H22FN3O3/c27-20-11-9-19(10-12-20)22(16-26(31)32)23-4-3-6-25(30-23)33-21-13-7-18(8-14-21)17-29-24-5-1-2-15-28-24/h1-15,22H,16-17H2,(H,28,29)(H,31,32). The zero-order chi connectivity index (χ0) is 23.0. The van der Waals surface area contributed by atoms with Gasteiger partial charge >= 0.3 is 5.97 Å². The van der Waals surface area contributed by atoms with Crippen LogP contribution in [0.15, 0.2) is 91.1 Å². The smallest absolute Gasteiger partial charge is 0.304 e. The Balaban J connectivity index is 1.46. The quantitative estimate of drug-likeness (QED) is 0.349. The highest BCUT2D eigenvalue weighted by molar-refractivity contribution is 5.69. The molecule has 4 rings (SSSR count). The van der Waals surface area contributed by atoms with Gasteiger partial charge in [0.15, 0.2) is 0 Å². The second kappa shape index (κ2) is 10.4. The minimum Gasteiger partial charge on any atom is -0.481 e. The van der Waals surface area contributed by atoms with E-state index < -0.39 is 11.9 Å². The molecule has 4 aromatic rings. The van der Waals surface area contributed by atoms with Crippen molar-refractivity contribution in [2.75, 3.05) is 5.32 Å². The zero-order valence-electron chi connectivity index (χ0n) is 17.7. The lowest BCUT2D eigenvalue weighted by molar-refractivity contribution is -0.137. The van der Waals surface area contributed by atoms with Gasteiger partial charge in [0.2, 0.25) is 5.88 Å². The largest absolute Gasteiger partial charge is 0.481 e. The van der Waals surface area contributed by atoms with Gasteiger partial charge in [-0.15, -0.1) is 0 Å². The van der Waals surface area contributed by atoms with Gasteiger partial charge in [0.1, 0.15) is 17.4 Å². The monoisotopic (exact) mass is 443 g/mol. The number of rotatable bonds is 9. The maximum Gasteiger partial charge on any atom is 0.304 e. The van der Waals surface area contributed by atoms with E-state index in [1.807, 2.05) is 42.5 Å². The summed E-state index contributed by atoms with van der Waals surface area (Å²) < 4.78 is 19.2. The maximum absolute atomic E-state index is 13.3. The van der Waals surface area contributed by atoms with E-state index in [9.17, 15) is 14.3 Å². The number of hydrogen-bond acceptors (Lipinski definition) is 5. The molecule has 0 amide bonds. The van der Waals surface area contributed by atoms with Crippen molar-refractivity contribution in [3.8, 4) is 11.6 Å². The van der Waals surface area contributed by atoms with Gasteiger partial charge < -0.3 is 15.2 Å². The summed E-state index contributed by atoms with van der Waals surface area (Å²) >= 11 is 0. The van der Waals surface area contributed by atoms with Crippen LogP contribution >= 0.6 is 0 Å². The van der Waals surface area contributed by atoms with Crippen LogP contribution in [0.4, 0.5) is 10.2 Å². The van der Waals surface area contributed by atoms with Crippen molar-refractivity contribution < 1.29 is 19.0 Å². The fourth-order valence-corrected chi connectivity index (χ4v) is 3.40. The number of ether oxygens (including phenoxy) is 1. The van der Waals surface area contributed by atoms with Gasteiger partial charge in [-0.25, -0.2) is 14.4 Å². The van der Waals surface area contributed by atoms with E-state index in [1.54, 1.807) is 36.5 Å². The summed E-state index contributed by atoms with van der Waals surface area (Å²) in [7, 11) is 0. The number of hydrogen-bond donors (Lipinski definition) is 2. The van der Waals surface area contributed by atoms with Crippen LogP contribution in [0, 0.1) is 5.82 Å². The third-order valence-corrected chi connectivity index (χ3v) is 5.04. The topological polar surface area (TPSA) is 84.3 Å². The average Bonchev–Trinajstić information content (AvgIpc) is 2.83. The van der Waals surface area contributed by atoms with Crippen molar-refractivity contribution in [1.82, 2.24) is 9.97 Å². The van der Waals surface area contributed by atoms with Crippen LogP contribution in [0.5, 0.6) is 11.6 Å². The van der Waals surface area contributed by atoms with E-state index in [0.29, 0.717) is 29.4 Å². The van der Waals surface area contributed by atoms with Gasteiger partial charge in [-0.3, -0.25) is 4.79 Å². The molecule has 1 unspecified atom stereocenters. The van der Waals surface area contributed by atoms with Crippen LogP contribution in [0.1, 0.15) is 29.2 Å². The summed E-state index contributed by atoms with van der Waals surface area (Å²) in [5, 5.41) is 12.6. The number of carbonyl (C=O) groups is 1. The molecule has 2 aromatic carbocycles. The fourth-order valence-electron chi connectivity index (χ4n) is 3.40. The van der Waals surface area contributed by atoms with Gasteiger partial charge in [-0.2, -0.15) is 0 Å². The molecule has 33 heavy (non-hydrogen) atoms. The molecule has 2 N–H and O–H groups in total. The number of pyridine rings is 2. The molecule has 7 heteroatoms. The molecule has 0 aliphatic rings. The number of nitrogens with zero attached hydrogens (tertiary/aromatic N) is 2. The lowest BCUT2D eigenvalue weighted by Crippen LogP contribution is -2.10. The Hall–Kier alpha value is -4.26. The molecule has 0 radical (unpaired) electrons. The number of nitrogens with one attached hydrogen (secondary N) is 1. The number of aliphatic carboxylic acids is 1. The van der Waals surface area contributed by atoms with Crippen LogP contribution in [0.2, 0.25) is 0 Å². The first-order valence-corrected chi connectivity index (χ1v) is 10.4. The van der Waals surface area contributed by atoms with Crippen LogP contribution in [-0.4, -0.2) is 21.0 Å². The van der Waals surface area contributed by atoms with Crippen molar-refractivity contribution in [2.24, 2.45) is 0 Å². The summed E-state index contributed by atoms with van der Waals surface area (Å²) in [5.74, 6) is -0.103. The molecular weight excluding hydrogens is 421 g/mol. The first-order chi connectivity index (χ1) is 16.1. The van der Waals surface area contributed by atoms with E-state index in [1.165, 1.54) is 12.1 Å². The molecule has 2 aromatic heterocycles. The molecule has 6 nitrogen and oxygen atoms in total. The predicted molar refractivity (Wildman–Crippen MR) is 123 cm³/mol. The number of benzene rings is 2. The van der Waals surface area contributed by atoms with Crippen LogP contribution in [0.3, 0.4) is 0 Å². The van der Waals surface area contributed by atoms with E-state index in [-0.39, 0.29) is 12.2 Å². The summed E-state index contributed by atoms with van der Waals surface area (Å²) in [6.07, 6.45) is 1.57. The Morgan fingerprint density at radius 2 is 1.76 bits per heavy atom. The highest BCUT2D eigenvalue weighted by atomic mass is 19.1. The summed E-state index contributed by atoms with van der Waals surface area (Å²) in [6, 6.07) is 24.3. The first-order valence-electron chi connectivity index (χ1n) is 10.4. The van der Waals surface area contributed by atoms with E-state index in [4.69, 9.17) is 4.74 Å². The second-order valence-corrected chi connectivity index (χ2v) is 7.42. The Labute approximate surface area is 190 Å². The molecule has 0 saturated carbocycles. The van der Waals surface area contributed by atoms with E-state index >= 15 is 0 Å². The molecule has 0 spiro atoms. The van der Waals surface area contributed by atoms with Crippen molar-refractivity contribution in [3.63, 3.8) is 0 Å². The molecule has 0 saturated heterocycles. The third-order valence-electron chi connectivity index (χ3n) is 5.04. The SMILES string of the molecule is O=C(O)CC(c1ccc(F)cc1)c1cccc(Oc2ccc(CNc3ccccn3)cc2)n1. The Morgan fingerprint density at radius 1 is 0.970 bits per heavy atom. The molecule has 0 fully saturated rings. The Kier molecular flexibility index (Phi) is 6.90. The van der Waals surface area contributed by atoms with Crippen LogP contribution in [0.25, 0.3) is 0 Å². The minimum atomic E-state index is -0.965. The van der Waals surface area contributed by atoms with Crippen molar-refractivity contribution in [3.05, 3.63) is 114 Å². The van der Waals surface area contributed by atoms with Crippen LogP contribution in [-0.2, 0) is 11.3 Å². The summed E-state index contributed by atoms with van der Waals surface area (Å²) in [5.41, 5.74) is 2.28. The zero-order valence-corrected chi connectivity index (χ0v) is 17.7. The summed E-state index contributed by atoms with van der Waals surface area (Å²) in [6.45, 7) is 0.625. The molecule has 1 atom stereocenters. The average molecular weight is 443 g/mol. The summed E-state index contributed by atoms with van der Waals surface area (Å²) in [4.78, 5) is 20.2. The third kappa shape index (κ3) is 6.13. The lowest BCUT2D eigenvalue weighted by atomic mass is 9.92. The van der Waals surface area contributed by atoms with Crippen molar-refractivity contribution >= 4 is 11.8 Å². The highest BCUT2D eigenvalue weighted by Crippen LogP contribution is 2.29. The van der Waals surface area contributed by atoms with Gasteiger partial charge in [0, 0.05) is 24.7 Å². The molecule has 2 heterocycles. The maximum atomic E-state index is 13.3. The minimum absolute atomic E-state index is 0.167. The molecule has 166 valence electrons. The van der Waals surface area contributed by atoms with Crippen molar-refractivity contribution in [1.29, 1.82) is 0 Å². The first kappa shape index (κ1) is 22.0. The predicted octanol–water partition coefficient (Wildman–Crippen LogP) is 5.63. The van der Waals surface area contributed by atoms with Gasteiger partial charge in [-0.05, 0) is 53.6 Å². The van der Waals surface area contributed by atoms with Gasteiger partial charge in [0.05, 0.1) is 12.1 Å². The second-order valence-electron chi connectivity index (χ2n) is 7.42. The van der Waals surface area contributed by atoms with Gasteiger partial charge in [-0.1, -0.05) is 36.4 Å². The van der Waals surface area contributed by atoms with E-state index in [2.05, 4.69) is 15.3 Å². The Bertz CT molecular complexity index is 1200. The normalized spacial score (nSPS) is 11.5. The number of aromatic nitrogens is 2. The highest BCUT2D eigenvalue weighted by Gasteiger charge is 2.20. The molecule has 0 aliphatic carbocycles. The van der Waals surface area contributed by atoms with E-state index in [0.717, 1.165) is 11.4 Å². The van der Waals surface area contributed by atoms with Crippen molar-refractivity contribution in [2.45, 2.75) is 18.9 Å².